The smallest absolute Gasteiger partial charge is 0.220 e. The SMILES string of the molecule is CN(C)C(CNC(=O)CCC(=O)c1cccnc1)c1ccc(Cl)cc1. The monoisotopic (exact) mass is 359 g/mol. The van der Waals surface area contributed by atoms with Crippen molar-refractivity contribution in [2.45, 2.75) is 18.9 Å². The van der Waals surface area contributed by atoms with Crippen LogP contribution in [-0.2, 0) is 4.79 Å². The highest BCUT2D eigenvalue weighted by Gasteiger charge is 2.16. The van der Waals surface area contributed by atoms with E-state index in [1.54, 1.807) is 18.3 Å². The van der Waals surface area contributed by atoms with Gasteiger partial charge in [-0.25, -0.2) is 0 Å². The number of aromatic nitrogens is 1. The van der Waals surface area contributed by atoms with E-state index in [-0.39, 0.29) is 30.6 Å². The average Bonchev–Trinajstić information content (AvgIpc) is 2.61. The predicted octanol–water partition coefficient (Wildman–Crippen LogP) is 3.12. The Bertz CT molecular complexity index is 702. The number of nitrogens with one attached hydrogen (secondary N) is 1. The van der Waals surface area contributed by atoms with Crippen LogP contribution in [0.1, 0.15) is 34.8 Å². The summed E-state index contributed by atoms with van der Waals surface area (Å²) in [6.45, 7) is 0.467. The zero-order valence-electron chi connectivity index (χ0n) is 14.4. The molecule has 0 bridgehead atoms. The first-order valence-electron chi connectivity index (χ1n) is 8.09. The maximum atomic E-state index is 12.1. The highest BCUT2D eigenvalue weighted by molar-refractivity contribution is 6.30. The minimum absolute atomic E-state index is 0.0373. The molecule has 2 rings (SSSR count). The largest absolute Gasteiger partial charge is 0.354 e. The lowest BCUT2D eigenvalue weighted by Gasteiger charge is -2.25. The summed E-state index contributed by atoms with van der Waals surface area (Å²) in [5, 5.41) is 3.58. The summed E-state index contributed by atoms with van der Waals surface area (Å²) in [6, 6.07) is 11.0. The summed E-state index contributed by atoms with van der Waals surface area (Å²) in [5.74, 6) is -0.219. The van der Waals surface area contributed by atoms with Gasteiger partial charge in [-0.05, 0) is 43.9 Å². The number of Topliss-reactive ketones (excluding diaryl/α,β-unsaturated/α-hetero) is 1. The van der Waals surface area contributed by atoms with Crippen LogP contribution >= 0.6 is 11.6 Å². The van der Waals surface area contributed by atoms with E-state index < -0.39 is 0 Å². The second-order valence-electron chi connectivity index (χ2n) is 6.00. The van der Waals surface area contributed by atoms with E-state index in [9.17, 15) is 9.59 Å². The number of rotatable bonds is 8. The molecule has 0 radical (unpaired) electrons. The standard InChI is InChI=1S/C19H22ClN3O2/c1-23(2)17(14-5-7-16(20)8-6-14)13-22-19(25)10-9-18(24)15-4-3-11-21-12-15/h3-8,11-12,17H,9-10,13H2,1-2H3,(H,22,25). The number of nitrogens with zero attached hydrogens (tertiary/aromatic N) is 2. The van der Waals surface area contributed by atoms with Gasteiger partial charge in [-0.15, -0.1) is 0 Å². The second-order valence-corrected chi connectivity index (χ2v) is 6.44. The van der Waals surface area contributed by atoms with Gasteiger partial charge in [0, 0.05) is 42.4 Å². The molecule has 1 N–H and O–H groups in total. The number of benzene rings is 1. The number of halogens is 1. The zero-order chi connectivity index (χ0) is 18.2. The minimum atomic E-state index is -0.141. The van der Waals surface area contributed by atoms with Crippen LogP contribution in [0.25, 0.3) is 0 Å². The van der Waals surface area contributed by atoms with Gasteiger partial charge >= 0.3 is 0 Å². The minimum Gasteiger partial charge on any atom is -0.354 e. The normalized spacial score (nSPS) is 12.0. The molecule has 1 unspecified atom stereocenters. The van der Waals surface area contributed by atoms with Crippen LogP contribution in [0.5, 0.6) is 0 Å². The summed E-state index contributed by atoms with van der Waals surface area (Å²) in [7, 11) is 3.91. The van der Waals surface area contributed by atoms with Crippen molar-refractivity contribution in [2.24, 2.45) is 0 Å². The highest BCUT2D eigenvalue weighted by atomic mass is 35.5. The Kier molecular flexibility index (Phi) is 7.10. The summed E-state index contributed by atoms with van der Waals surface area (Å²) in [4.78, 5) is 30.0. The number of carbonyl (C=O) groups is 2. The molecule has 2 aromatic rings. The molecule has 0 aliphatic carbocycles. The van der Waals surface area contributed by atoms with Crippen LogP contribution in [0.15, 0.2) is 48.8 Å². The first kappa shape index (κ1) is 19.1. The first-order valence-corrected chi connectivity index (χ1v) is 8.47. The van der Waals surface area contributed by atoms with Crippen LogP contribution in [0, 0.1) is 0 Å². The van der Waals surface area contributed by atoms with Crippen LogP contribution < -0.4 is 5.32 Å². The molecule has 0 aliphatic heterocycles. The molecular formula is C19H22ClN3O2. The van der Waals surface area contributed by atoms with Crippen LogP contribution in [0.4, 0.5) is 0 Å². The first-order chi connectivity index (χ1) is 12.0. The fourth-order valence-electron chi connectivity index (χ4n) is 2.48. The van der Waals surface area contributed by atoms with Crippen molar-refractivity contribution in [1.29, 1.82) is 0 Å². The Balaban J connectivity index is 1.85. The van der Waals surface area contributed by atoms with Gasteiger partial charge in [-0.1, -0.05) is 23.7 Å². The molecule has 132 valence electrons. The lowest BCUT2D eigenvalue weighted by molar-refractivity contribution is -0.121. The molecule has 0 fully saturated rings. The van der Waals surface area contributed by atoms with Crippen molar-refractivity contribution in [1.82, 2.24) is 15.2 Å². The Hall–Kier alpha value is -2.24. The van der Waals surface area contributed by atoms with E-state index in [0.717, 1.165) is 5.56 Å². The quantitative estimate of drug-likeness (QED) is 0.735. The lowest BCUT2D eigenvalue weighted by Crippen LogP contribution is -2.34. The molecule has 6 heteroatoms. The van der Waals surface area contributed by atoms with E-state index in [4.69, 9.17) is 11.6 Å². The third-order valence-electron chi connectivity index (χ3n) is 3.93. The Morgan fingerprint density at radius 2 is 1.88 bits per heavy atom. The van der Waals surface area contributed by atoms with E-state index >= 15 is 0 Å². The number of amides is 1. The number of likely N-dealkylation sites (N-methyl/N-ethyl adjacent to an activating group) is 1. The van der Waals surface area contributed by atoms with Gasteiger partial charge in [0.2, 0.25) is 5.91 Å². The van der Waals surface area contributed by atoms with Crippen LogP contribution in [-0.4, -0.2) is 42.2 Å². The second kappa shape index (κ2) is 9.30. The maximum Gasteiger partial charge on any atom is 0.220 e. The van der Waals surface area contributed by atoms with Crippen molar-refractivity contribution in [3.63, 3.8) is 0 Å². The average molecular weight is 360 g/mol. The molecule has 1 aromatic carbocycles. The molecule has 1 heterocycles. The lowest BCUT2D eigenvalue weighted by atomic mass is 10.1. The number of pyridine rings is 1. The molecule has 1 amide bonds. The Morgan fingerprint density at radius 3 is 2.48 bits per heavy atom. The van der Waals surface area contributed by atoms with Gasteiger partial charge in [-0.2, -0.15) is 0 Å². The van der Waals surface area contributed by atoms with Gasteiger partial charge in [-0.3, -0.25) is 14.6 Å². The van der Waals surface area contributed by atoms with Crippen molar-refractivity contribution in [3.05, 3.63) is 64.9 Å². The van der Waals surface area contributed by atoms with Crippen molar-refractivity contribution in [3.8, 4) is 0 Å². The number of carbonyl (C=O) groups excluding carboxylic acids is 2. The van der Waals surface area contributed by atoms with Crippen molar-refractivity contribution in [2.75, 3.05) is 20.6 Å². The number of hydrogen-bond donors (Lipinski definition) is 1. The molecule has 25 heavy (non-hydrogen) atoms. The molecule has 0 spiro atoms. The molecule has 1 aromatic heterocycles. The molecule has 0 saturated heterocycles. The molecule has 0 aliphatic rings. The van der Waals surface area contributed by atoms with Crippen molar-refractivity contribution < 1.29 is 9.59 Å². The number of ketones is 1. The summed E-state index contributed by atoms with van der Waals surface area (Å²) in [6.07, 6.45) is 3.46. The summed E-state index contributed by atoms with van der Waals surface area (Å²) >= 11 is 5.93. The maximum absolute atomic E-state index is 12.1. The van der Waals surface area contributed by atoms with E-state index in [1.165, 1.54) is 6.20 Å². The molecule has 5 nitrogen and oxygen atoms in total. The molecule has 1 atom stereocenters. The zero-order valence-corrected chi connectivity index (χ0v) is 15.2. The van der Waals surface area contributed by atoms with Crippen LogP contribution in [0.3, 0.4) is 0 Å². The predicted molar refractivity (Wildman–Crippen MR) is 98.7 cm³/mol. The van der Waals surface area contributed by atoms with Crippen molar-refractivity contribution >= 4 is 23.3 Å². The fourth-order valence-corrected chi connectivity index (χ4v) is 2.61. The number of hydrogen-bond acceptors (Lipinski definition) is 4. The summed E-state index contributed by atoms with van der Waals surface area (Å²) < 4.78 is 0. The fraction of sp³-hybridized carbons (Fsp3) is 0.316. The van der Waals surface area contributed by atoms with Gasteiger partial charge in [0.1, 0.15) is 0 Å². The summed E-state index contributed by atoms with van der Waals surface area (Å²) in [5.41, 5.74) is 1.60. The Morgan fingerprint density at radius 1 is 1.16 bits per heavy atom. The van der Waals surface area contributed by atoms with Gasteiger partial charge in [0.25, 0.3) is 0 Å². The molecule has 0 saturated carbocycles. The highest BCUT2D eigenvalue weighted by Crippen LogP contribution is 2.19. The van der Waals surface area contributed by atoms with E-state index in [1.807, 2.05) is 43.3 Å². The van der Waals surface area contributed by atoms with Gasteiger partial charge in [0.15, 0.2) is 5.78 Å². The topological polar surface area (TPSA) is 62.3 Å². The van der Waals surface area contributed by atoms with Crippen LogP contribution in [0.2, 0.25) is 5.02 Å². The van der Waals surface area contributed by atoms with Gasteiger partial charge < -0.3 is 10.2 Å². The van der Waals surface area contributed by atoms with Gasteiger partial charge in [0.05, 0.1) is 6.04 Å². The Labute approximate surface area is 153 Å². The third-order valence-corrected chi connectivity index (χ3v) is 4.19. The van der Waals surface area contributed by atoms with E-state index in [0.29, 0.717) is 17.1 Å². The van der Waals surface area contributed by atoms with E-state index in [2.05, 4.69) is 10.3 Å². The molecular weight excluding hydrogens is 338 g/mol. The third kappa shape index (κ3) is 5.96.